The summed E-state index contributed by atoms with van der Waals surface area (Å²) in [4.78, 5) is 22.8. The van der Waals surface area contributed by atoms with Crippen LogP contribution in [0.5, 0.6) is 0 Å². The van der Waals surface area contributed by atoms with Gasteiger partial charge in [-0.15, -0.1) is 0 Å². The average Bonchev–Trinajstić information content (AvgIpc) is 2.47. The highest BCUT2D eigenvalue weighted by Crippen LogP contribution is 2.11. The number of carboxylic acid groups (broad SMARTS) is 2. The van der Waals surface area contributed by atoms with E-state index in [4.69, 9.17) is 14.6 Å². The van der Waals surface area contributed by atoms with Crippen molar-refractivity contribution in [2.24, 2.45) is 0 Å². The second kappa shape index (κ2) is 16.0. The van der Waals surface area contributed by atoms with E-state index in [0.717, 1.165) is 19.3 Å². The van der Waals surface area contributed by atoms with Gasteiger partial charge in [-0.3, -0.25) is 14.5 Å². The van der Waals surface area contributed by atoms with Crippen LogP contribution in [0.15, 0.2) is 0 Å². The van der Waals surface area contributed by atoms with E-state index in [1.54, 1.807) is 7.11 Å². The molecule has 0 fully saturated rings. The molecule has 0 unspecified atom stereocenters. The summed E-state index contributed by atoms with van der Waals surface area (Å²) in [5, 5.41) is 17.5. The molecule has 0 atom stereocenters. The maximum Gasteiger partial charge on any atom is 0.317 e. The standard InChI is InChI=1S/C16H31NO5Si/c1-22-23-12-10-8-6-4-2-3-5-7-9-11-17(13-15(18)19)14-16(20)21/h2-14H2,1H3,(H,18,19)(H,20,21). The Morgan fingerprint density at radius 3 is 1.70 bits per heavy atom. The highest BCUT2D eigenvalue weighted by molar-refractivity contribution is 6.26. The van der Waals surface area contributed by atoms with Crippen molar-refractivity contribution in [1.82, 2.24) is 4.90 Å². The molecule has 2 radical (unpaired) electrons. The fraction of sp³-hybridized carbons (Fsp3) is 0.875. The van der Waals surface area contributed by atoms with E-state index in [-0.39, 0.29) is 13.1 Å². The van der Waals surface area contributed by atoms with Crippen LogP contribution in [-0.4, -0.2) is 63.6 Å². The molecule has 0 aliphatic carbocycles. The summed E-state index contributed by atoms with van der Waals surface area (Å²) in [7, 11) is 2.39. The van der Waals surface area contributed by atoms with Crippen molar-refractivity contribution in [2.75, 3.05) is 26.7 Å². The molecular formula is C16H31NO5Si. The van der Waals surface area contributed by atoms with E-state index >= 15 is 0 Å². The minimum atomic E-state index is -0.975. The first-order chi connectivity index (χ1) is 11.1. The van der Waals surface area contributed by atoms with Gasteiger partial charge in [0.15, 0.2) is 0 Å². The average molecular weight is 346 g/mol. The van der Waals surface area contributed by atoms with E-state index in [0.29, 0.717) is 16.3 Å². The Morgan fingerprint density at radius 2 is 1.26 bits per heavy atom. The number of carboxylic acids is 2. The molecule has 0 amide bonds. The third kappa shape index (κ3) is 17.3. The first-order valence-corrected chi connectivity index (χ1v) is 9.59. The third-order valence-electron chi connectivity index (χ3n) is 3.62. The predicted molar refractivity (Wildman–Crippen MR) is 90.8 cm³/mol. The molecule has 0 aromatic heterocycles. The van der Waals surface area contributed by atoms with Crippen LogP contribution in [0.25, 0.3) is 0 Å². The van der Waals surface area contributed by atoms with Crippen LogP contribution < -0.4 is 0 Å². The number of aliphatic carboxylic acids is 2. The van der Waals surface area contributed by atoms with Gasteiger partial charge in [0.25, 0.3) is 0 Å². The molecule has 0 saturated heterocycles. The molecule has 6 nitrogen and oxygen atoms in total. The number of hydrogen-bond acceptors (Lipinski definition) is 4. The summed E-state index contributed by atoms with van der Waals surface area (Å²) in [5.74, 6) is -1.95. The zero-order valence-electron chi connectivity index (χ0n) is 14.3. The summed E-state index contributed by atoms with van der Waals surface area (Å²) >= 11 is 0. The lowest BCUT2D eigenvalue weighted by Gasteiger charge is -2.17. The van der Waals surface area contributed by atoms with E-state index in [1.807, 2.05) is 0 Å². The van der Waals surface area contributed by atoms with Gasteiger partial charge in [0.2, 0.25) is 9.76 Å². The lowest BCUT2D eigenvalue weighted by Crippen LogP contribution is -2.35. The van der Waals surface area contributed by atoms with E-state index in [2.05, 4.69) is 0 Å². The van der Waals surface area contributed by atoms with Gasteiger partial charge < -0.3 is 14.6 Å². The monoisotopic (exact) mass is 345 g/mol. The van der Waals surface area contributed by atoms with Crippen molar-refractivity contribution >= 4 is 21.7 Å². The molecule has 0 aromatic carbocycles. The van der Waals surface area contributed by atoms with Crippen molar-refractivity contribution in [2.45, 2.75) is 63.8 Å². The zero-order valence-corrected chi connectivity index (χ0v) is 15.3. The third-order valence-corrected chi connectivity index (χ3v) is 4.46. The van der Waals surface area contributed by atoms with Gasteiger partial charge in [-0.05, 0) is 19.0 Å². The molecule has 0 aliphatic heterocycles. The summed E-state index contributed by atoms with van der Waals surface area (Å²) in [6.07, 6.45) is 10.6. The van der Waals surface area contributed by atoms with Gasteiger partial charge in [-0.1, -0.05) is 51.4 Å². The van der Waals surface area contributed by atoms with Crippen LogP contribution in [0.4, 0.5) is 0 Å². The maximum absolute atomic E-state index is 10.7. The Bertz CT molecular complexity index is 299. The predicted octanol–water partition coefficient (Wildman–Crippen LogP) is 2.65. The Morgan fingerprint density at radius 1 is 0.826 bits per heavy atom. The summed E-state index contributed by atoms with van der Waals surface area (Å²) in [6.45, 7) is 0.144. The molecule has 0 rings (SSSR count). The van der Waals surface area contributed by atoms with Gasteiger partial charge in [-0.25, -0.2) is 0 Å². The van der Waals surface area contributed by atoms with Crippen molar-refractivity contribution < 1.29 is 24.2 Å². The Labute approximate surface area is 142 Å². The fourth-order valence-electron chi connectivity index (χ4n) is 2.47. The molecule has 0 aliphatic rings. The number of nitrogens with zero attached hydrogens (tertiary/aromatic N) is 1. The lowest BCUT2D eigenvalue weighted by atomic mass is 10.1. The van der Waals surface area contributed by atoms with Crippen molar-refractivity contribution in [3.63, 3.8) is 0 Å². The number of unbranched alkanes of at least 4 members (excludes halogenated alkanes) is 8. The van der Waals surface area contributed by atoms with Gasteiger partial charge in [0.05, 0.1) is 13.1 Å². The summed E-state index contributed by atoms with van der Waals surface area (Å²) in [6, 6.07) is 1.18. The van der Waals surface area contributed by atoms with E-state index in [9.17, 15) is 9.59 Å². The second-order valence-electron chi connectivity index (χ2n) is 5.78. The highest BCUT2D eigenvalue weighted by atomic mass is 28.2. The van der Waals surface area contributed by atoms with Gasteiger partial charge in [-0.2, -0.15) is 0 Å². The molecule has 2 N–H and O–H groups in total. The van der Waals surface area contributed by atoms with Crippen LogP contribution in [0, 0.1) is 0 Å². The fourth-order valence-corrected chi connectivity index (χ4v) is 3.07. The van der Waals surface area contributed by atoms with Gasteiger partial charge >= 0.3 is 11.9 Å². The minimum Gasteiger partial charge on any atom is -0.480 e. The van der Waals surface area contributed by atoms with E-state index < -0.39 is 11.9 Å². The first-order valence-electron chi connectivity index (χ1n) is 8.48. The van der Waals surface area contributed by atoms with Gasteiger partial charge in [0, 0.05) is 7.11 Å². The molecule has 0 heterocycles. The van der Waals surface area contributed by atoms with Crippen LogP contribution in [-0.2, 0) is 14.0 Å². The second-order valence-corrected chi connectivity index (χ2v) is 6.98. The Balaban J connectivity index is 3.42. The van der Waals surface area contributed by atoms with Crippen molar-refractivity contribution in [1.29, 1.82) is 0 Å². The van der Waals surface area contributed by atoms with Gasteiger partial charge in [0.1, 0.15) is 0 Å². The quantitative estimate of drug-likeness (QED) is 0.311. The van der Waals surface area contributed by atoms with Crippen LogP contribution in [0.1, 0.15) is 57.8 Å². The van der Waals surface area contributed by atoms with Crippen LogP contribution in [0.2, 0.25) is 6.04 Å². The molecule has 0 saturated carbocycles. The molecule has 23 heavy (non-hydrogen) atoms. The minimum absolute atomic E-state index is 0.198. The maximum atomic E-state index is 10.7. The van der Waals surface area contributed by atoms with E-state index in [1.165, 1.54) is 49.5 Å². The first kappa shape index (κ1) is 22.1. The molecule has 0 spiro atoms. The summed E-state index contributed by atoms with van der Waals surface area (Å²) in [5.41, 5.74) is 0. The highest BCUT2D eigenvalue weighted by Gasteiger charge is 2.12. The Kier molecular flexibility index (Phi) is 15.3. The van der Waals surface area contributed by atoms with Crippen molar-refractivity contribution in [3.05, 3.63) is 0 Å². The van der Waals surface area contributed by atoms with Crippen LogP contribution >= 0.6 is 0 Å². The summed E-state index contributed by atoms with van der Waals surface area (Å²) < 4.78 is 5.04. The normalized spacial score (nSPS) is 11.0. The largest absolute Gasteiger partial charge is 0.480 e. The zero-order chi connectivity index (χ0) is 17.3. The van der Waals surface area contributed by atoms with Crippen LogP contribution in [0.3, 0.4) is 0 Å². The number of rotatable bonds is 17. The molecule has 0 bridgehead atoms. The van der Waals surface area contributed by atoms with Crippen molar-refractivity contribution in [3.8, 4) is 0 Å². The Hall–Kier alpha value is -0.923. The lowest BCUT2D eigenvalue weighted by molar-refractivity contribution is -0.141. The molecular weight excluding hydrogens is 314 g/mol. The molecule has 134 valence electrons. The SMILES string of the molecule is CO[Si]CCCCCCCCCCCN(CC(=O)O)CC(=O)O. The number of carbonyl (C=O) groups is 2. The molecule has 7 heteroatoms. The topological polar surface area (TPSA) is 87.1 Å². The molecule has 0 aromatic rings. The smallest absolute Gasteiger partial charge is 0.317 e. The number of hydrogen-bond donors (Lipinski definition) is 2.